The van der Waals surface area contributed by atoms with Crippen molar-refractivity contribution in [1.29, 1.82) is 5.26 Å². The summed E-state index contributed by atoms with van der Waals surface area (Å²) in [6.45, 7) is 0. The van der Waals surface area contributed by atoms with Crippen LogP contribution in [0.15, 0.2) is 18.2 Å². The lowest BCUT2D eigenvalue weighted by atomic mass is 10.2. The van der Waals surface area contributed by atoms with E-state index in [9.17, 15) is 0 Å². The highest BCUT2D eigenvalue weighted by Gasteiger charge is 2.00. The smallest absolute Gasteiger partial charge is 0.181 e. The summed E-state index contributed by atoms with van der Waals surface area (Å²) in [5.41, 5.74) is 7.37. The molecular formula is C11H7N3S. The standard InChI is InChI=1S/C11H7N3S/c12-6-2-1-3-8-4-5-9-10(7-8)15-11(13)14-9/h4-5,7H,2H2,(H2,13,14). The number of thiazole rings is 1. The fourth-order valence-corrected chi connectivity index (χ4v) is 1.98. The number of nitrogens with two attached hydrogens (primary N) is 1. The number of fused-ring (bicyclic) bond motifs is 1. The van der Waals surface area contributed by atoms with Gasteiger partial charge in [0.05, 0.1) is 22.7 Å². The van der Waals surface area contributed by atoms with E-state index in [1.54, 1.807) is 0 Å². The molecule has 0 unspecified atom stereocenters. The van der Waals surface area contributed by atoms with Gasteiger partial charge in [0.25, 0.3) is 0 Å². The molecule has 0 aliphatic heterocycles. The zero-order chi connectivity index (χ0) is 10.7. The van der Waals surface area contributed by atoms with Crippen molar-refractivity contribution in [2.45, 2.75) is 6.42 Å². The van der Waals surface area contributed by atoms with Crippen LogP contribution >= 0.6 is 11.3 Å². The fourth-order valence-electron chi connectivity index (χ4n) is 1.21. The summed E-state index contributed by atoms with van der Waals surface area (Å²) in [7, 11) is 0. The largest absolute Gasteiger partial charge is 0.375 e. The Morgan fingerprint density at radius 2 is 2.33 bits per heavy atom. The predicted octanol–water partition coefficient (Wildman–Crippen LogP) is 2.14. The topological polar surface area (TPSA) is 62.7 Å². The molecule has 3 nitrogen and oxygen atoms in total. The molecule has 1 aromatic carbocycles. The number of benzene rings is 1. The molecule has 0 fully saturated rings. The van der Waals surface area contributed by atoms with Gasteiger partial charge in [0.15, 0.2) is 5.13 Å². The molecule has 1 aromatic heterocycles. The molecule has 0 saturated carbocycles. The first-order valence-electron chi connectivity index (χ1n) is 4.31. The van der Waals surface area contributed by atoms with Crippen molar-refractivity contribution < 1.29 is 0 Å². The predicted molar refractivity (Wildman–Crippen MR) is 61.1 cm³/mol. The molecule has 0 aliphatic carbocycles. The second-order valence-electron chi connectivity index (χ2n) is 2.87. The third-order valence-corrected chi connectivity index (χ3v) is 2.65. The van der Waals surface area contributed by atoms with Crippen LogP contribution < -0.4 is 5.73 Å². The molecule has 0 radical (unpaired) electrons. The first-order chi connectivity index (χ1) is 7.29. The summed E-state index contributed by atoms with van der Waals surface area (Å²) in [6, 6.07) is 7.68. The van der Waals surface area contributed by atoms with Gasteiger partial charge in [0.1, 0.15) is 0 Å². The summed E-state index contributed by atoms with van der Waals surface area (Å²) >= 11 is 1.44. The van der Waals surface area contributed by atoms with Gasteiger partial charge in [-0.1, -0.05) is 23.2 Å². The average Bonchev–Trinajstić information content (AvgIpc) is 2.57. The lowest BCUT2D eigenvalue weighted by Crippen LogP contribution is -1.79. The normalized spacial score (nSPS) is 9.27. The summed E-state index contributed by atoms with van der Waals surface area (Å²) in [5.74, 6) is 5.68. The fraction of sp³-hybridized carbons (Fsp3) is 0.0909. The van der Waals surface area contributed by atoms with Crippen molar-refractivity contribution >= 4 is 26.7 Å². The average molecular weight is 213 g/mol. The van der Waals surface area contributed by atoms with Crippen molar-refractivity contribution in [2.75, 3.05) is 5.73 Å². The molecule has 0 saturated heterocycles. The minimum atomic E-state index is 0.253. The summed E-state index contributed by atoms with van der Waals surface area (Å²) in [4.78, 5) is 4.15. The maximum Gasteiger partial charge on any atom is 0.181 e. The van der Waals surface area contributed by atoms with E-state index < -0.39 is 0 Å². The van der Waals surface area contributed by atoms with Gasteiger partial charge in [-0.3, -0.25) is 0 Å². The van der Waals surface area contributed by atoms with Crippen LogP contribution in [0.2, 0.25) is 0 Å². The molecule has 0 bridgehead atoms. The Labute approximate surface area is 91.2 Å². The van der Waals surface area contributed by atoms with E-state index in [4.69, 9.17) is 11.0 Å². The zero-order valence-electron chi connectivity index (χ0n) is 7.82. The quantitative estimate of drug-likeness (QED) is 0.682. The van der Waals surface area contributed by atoms with Gasteiger partial charge in [-0.2, -0.15) is 5.26 Å². The number of nitrogens with zero attached hydrogens (tertiary/aromatic N) is 2. The van der Waals surface area contributed by atoms with E-state index in [0.29, 0.717) is 5.13 Å². The van der Waals surface area contributed by atoms with E-state index in [1.807, 2.05) is 24.3 Å². The molecule has 1 heterocycles. The third-order valence-electron chi connectivity index (χ3n) is 1.81. The van der Waals surface area contributed by atoms with Crippen molar-refractivity contribution in [3.05, 3.63) is 23.8 Å². The Bertz CT molecular complexity index is 596. The maximum absolute atomic E-state index is 8.34. The lowest BCUT2D eigenvalue weighted by Gasteiger charge is -1.88. The highest BCUT2D eigenvalue weighted by Crippen LogP contribution is 2.24. The van der Waals surface area contributed by atoms with Crippen LogP contribution in [0.5, 0.6) is 0 Å². The molecule has 2 rings (SSSR count). The Morgan fingerprint density at radius 1 is 1.47 bits per heavy atom. The molecule has 4 heteroatoms. The van der Waals surface area contributed by atoms with E-state index in [1.165, 1.54) is 11.3 Å². The Hall–Kier alpha value is -2.04. The molecule has 0 atom stereocenters. The van der Waals surface area contributed by atoms with Crippen LogP contribution in [0.25, 0.3) is 10.2 Å². The number of hydrogen-bond acceptors (Lipinski definition) is 4. The van der Waals surface area contributed by atoms with Gasteiger partial charge in [-0.05, 0) is 18.2 Å². The number of anilines is 1. The summed E-state index contributed by atoms with van der Waals surface area (Å²) in [5, 5.41) is 8.90. The lowest BCUT2D eigenvalue weighted by molar-refractivity contribution is 1.39. The molecule has 72 valence electrons. The zero-order valence-corrected chi connectivity index (χ0v) is 8.64. The Balaban J connectivity index is 2.40. The summed E-state index contributed by atoms with van der Waals surface area (Å²) < 4.78 is 1.02. The van der Waals surface area contributed by atoms with Gasteiger partial charge >= 0.3 is 0 Å². The van der Waals surface area contributed by atoms with E-state index >= 15 is 0 Å². The highest BCUT2D eigenvalue weighted by atomic mass is 32.1. The molecule has 2 aromatic rings. The highest BCUT2D eigenvalue weighted by molar-refractivity contribution is 7.22. The number of rotatable bonds is 0. The van der Waals surface area contributed by atoms with E-state index in [-0.39, 0.29) is 6.42 Å². The van der Waals surface area contributed by atoms with Gasteiger partial charge in [-0.25, -0.2) is 4.98 Å². The minimum Gasteiger partial charge on any atom is -0.375 e. The molecular weight excluding hydrogens is 206 g/mol. The Kier molecular flexibility index (Phi) is 2.53. The van der Waals surface area contributed by atoms with Crippen LogP contribution in [0.4, 0.5) is 5.13 Å². The molecule has 0 spiro atoms. The van der Waals surface area contributed by atoms with Crippen molar-refractivity contribution in [3.8, 4) is 17.9 Å². The second kappa shape index (κ2) is 4.00. The molecule has 0 amide bonds. The minimum absolute atomic E-state index is 0.253. The SMILES string of the molecule is N#CCC#Cc1ccc2nc(N)sc2c1. The van der Waals surface area contributed by atoms with Crippen LogP contribution in [-0.2, 0) is 0 Å². The van der Waals surface area contributed by atoms with Gasteiger partial charge in [0, 0.05) is 5.56 Å². The van der Waals surface area contributed by atoms with Crippen molar-refractivity contribution in [1.82, 2.24) is 4.98 Å². The summed E-state index contributed by atoms with van der Waals surface area (Å²) in [6.07, 6.45) is 0.253. The van der Waals surface area contributed by atoms with Gasteiger partial charge in [-0.15, -0.1) is 0 Å². The number of hydrogen-bond donors (Lipinski definition) is 1. The van der Waals surface area contributed by atoms with E-state index in [0.717, 1.165) is 15.8 Å². The number of nitrogen functional groups attached to an aromatic ring is 1. The van der Waals surface area contributed by atoms with E-state index in [2.05, 4.69) is 16.8 Å². The third kappa shape index (κ3) is 2.07. The Morgan fingerprint density at radius 3 is 3.13 bits per heavy atom. The van der Waals surface area contributed by atoms with Crippen molar-refractivity contribution in [2.24, 2.45) is 0 Å². The van der Waals surface area contributed by atoms with Crippen molar-refractivity contribution in [3.63, 3.8) is 0 Å². The number of nitriles is 1. The van der Waals surface area contributed by atoms with Gasteiger partial charge < -0.3 is 5.73 Å². The van der Waals surface area contributed by atoms with Crippen LogP contribution in [0, 0.1) is 23.2 Å². The maximum atomic E-state index is 8.34. The molecule has 0 aliphatic rings. The number of aromatic nitrogens is 1. The first-order valence-corrected chi connectivity index (χ1v) is 5.13. The van der Waals surface area contributed by atoms with Crippen LogP contribution in [-0.4, -0.2) is 4.98 Å². The van der Waals surface area contributed by atoms with Crippen LogP contribution in [0.1, 0.15) is 12.0 Å². The second-order valence-corrected chi connectivity index (χ2v) is 3.93. The van der Waals surface area contributed by atoms with Crippen LogP contribution in [0.3, 0.4) is 0 Å². The van der Waals surface area contributed by atoms with Gasteiger partial charge in [0.2, 0.25) is 0 Å². The molecule has 15 heavy (non-hydrogen) atoms. The monoisotopic (exact) mass is 213 g/mol. The molecule has 2 N–H and O–H groups in total. The first kappa shape index (κ1) is 9.51.